The number of rotatable bonds is 11. The summed E-state index contributed by atoms with van der Waals surface area (Å²) in [7, 11) is 0. The molecular formula is C19H34N4O5S. The van der Waals surface area contributed by atoms with Crippen LogP contribution in [0.3, 0.4) is 0 Å². The Morgan fingerprint density at radius 1 is 1.17 bits per heavy atom. The number of thioether (sulfide) groups is 1. The van der Waals surface area contributed by atoms with Gasteiger partial charge < -0.3 is 26.4 Å². The molecule has 166 valence electrons. The van der Waals surface area contributed by atoms with Gasteiger partial charge in [-0.1, -0.05) is 13.8 Å². The molecule has 4 atom stereocenters. The molecule has 3 amide bonds. The number of hydrogen-bond acceptors (Lipinski definition) is 6. The number of carboxylic acids is 1. The zero-order chi connectivity index (χ0) is 22.1. The van der Waals surface area contributed by atoms with Crippen LogP contribution in [0.5, 0.6) is 0 Å². The third kappa shape index (κ3) is 7.85. The zero-order valence-electron chi connectivity index (χ0n) is 17.6. The largest absolute Gasteiger partial charge is 0.480 e. The van der Waals surface area contributed by atoms with Crippen molar-refractivity contribution in [2.75, 3.05) is 18.6 Å². The zero-order valence-corrected chi connectivity index (χ0v) is 18.5. The second kappa shape index (κ2) is 12.0. The smallest absolute Gasteiger partial charge is 0.326 e. The summed E-state index contributed by atoms with van der Waals surface area (Å²) in [6.07, 6.45) is 3.74. The highest BCUT2D eigenvalue weighted by atomic mass is 32.2. The van der Waals surface area contributed by atoms with Gasteiger partial charge in [-0.25, -0.2) is 4.79 Å². The molecule has 4 unspecified atom stereocenters. The predicted molar refractivity (Wildman–Crippen MR) is 112 cm³/mol. The normalized spacial score (nSPS) is 19.5. The molecule has 0 aromatic carbocycles. The summed E-state index contributed by atoms with van der Waals surface area (Å²) in [5, 5.41) is 14.6. The van der Waals surface area contributed by atoms with Crippen LogP contribution >= 0.6 is 11.8 Å². The van der Waals surface area contributed by atoms with Crippen LogP contribution in [-0.2, 0) is 19.2 Å². The van der Waals surface area contributed by atoms with Gasteiger partial charge in [0.2, 0.25) is 17.7 Å². The molecule has 5 N–H and O–H groups in total. The van der Waals surface area contributed by atoms with E-state index in [0.29, 0.717) is 38.0 Å². The Morgan fingerprint density at radius 2 is 1.83 bits per heavy atom. The molecule has 29 heavy (non-hydrogen) atoms. The average Bonchev–Trinajstić information content (AvgIpc) is 3.13. The van der Waals surface area contributed by atoms with Crippen LogP contribution in [0.4, 0.5) is 0 Å². The summed E-state index contributed by atoms with van der Waals surface area (Å²) >= 11 is 1.55. The van der Waals surface area contributed by atoms with Gasteiger partial charge >= 0.3 is 5.97 Å². The first-order valence-corrected chi connectivity index (χ1v) is 11.4. The number of nitrogens with two attached hydrogens (primary N) is 1. The first-order chi connectivity index (χ1) is 13.6. The molecule has 0 bridgehead atoms. The summed E-state index contributed by atoms with van der Waals surface area (Å²) in [4.78, 5) is 50.8. The molecule has 0 saturated carbocycles. The summed E-state index contributed by atoms with van der Waals surface area (Å²) in [5.41, 5.74) is 5.60. The van der Waals surface area contributed by atoms with Crippen LogP contribution in [-0.4, -0.2) is 76.4 Å². The van der Waals surface area contributed by atoms with Gasteiger partial charge in [-0.2, -0.15) is 11.8 Å². The van der Waals surface area contributed by atoms with E-state index >= 15 is 0 Å². The molecular weight excluding hydrogens is 396 g/mol. The van der Waals surface area contributed by atoms with Crippen molar-refractivity contribution in [1.29, 1.82) is 0 Å². The first kappa shape index (κ1) is 25.2. The van der Waals surface area contributed by atoms with Crippen molar-refractivity contribution in [3.63, 3.8) is 0 Å². The van der Waals surface area contributed by atoms with Gasteiger partial charge in [-0.3, -0.25) is 14.4 Å². The predicted octanol–water partition coefficient (Wildman–Crippen LogP) is 0.178. The minimum absolute atomic E-state index is 0.0992. The Labute approximate surface area is 176 Å². The molecule has 9 nitrogen and oxygen atoms in total. The lowest BCUT2D eigenvalue weighted by atomic mass is 10.0. The minimum atomic E-state index is -1.09. The van der Waals surface area contributed by atoms with E-state index in [0.717, 1.165) is 0 Å². The summed E-state index contributed by atoms with van der Waals surface area (Å²) < 4.78 is 0. The third-order valence-corrected chi connectivity index (χ3v) is 5.44. The molecule has 0 spiro atoms. The van der Waals surface area contributed by atoms with E-state index in [4.69, 9.17) is 5.73 Å². The van der Waals surface area contributed by atoms with Gasteiger partial charge in [0.15, 0.2) is 0 Å². The van der Waals surface area contributed by atoms with Crippen molar-refractivity contribution in [2.45, 2.75) is 70.6 Å². The number of amides is 3. The highest BCUT2D eigenvalue weighted by Gasteiger charge is 2.38. The van der Waals surface area contributed by atoms with Gasteiger partial charge in [0.05, 0.1) is 6.04 Å². The van der Waals surface area contributed by atoms with Crippen LogP contribution in [0.1, 0.15) is 46.5 Å². The van der Waals surface area contributed by atoms with E-state index in [1.54, 1.807) is 11.8 Å². The minimum Gasteiger partial charge on any atom is -0.480 e. The fraction of sp³-hybridized carbons (Fsp3) is 0.789. The number of carbonyl (C=O) groups is 4. The lowest BCUT2D eigenvalue weighted by Crippen LogP contribution is -2.56. The summed E-state index contributed by atoms with van der Waals surface area (Å²) in [5.74, 6) is -1.55. The standard InChI is InChI=1S/C19H34N4O5S/c1-11(2)10-14(19(27)28)22-17(25)15-6-5-8-23(15)18(26)13(7-9-29-4)21-16(24)12(3)20/h11-15H,5-10,20H2,1-4H3,(H,21,24)(H,22,25)(H,27,28). The van der Waals surface area contributed by atoms with Gasteiger partial charge in [0.25, 0.3) is 0 Å². The highest BCUT2D eigenvalue weighted by molar-refractivity contribution is 7.98. The second-order valence-corrected chi connectivity index (χ2v) is 8.84. The number of likely N-dealkylation sites (tertiary alicyclic amines) is 1. The Morgan fingerprint density at radius 3 is 2.34 bits per heavy atom. The van der Waals surface area contributed by atoms with Gasteiger partial charge in [-0.15, -0.1) is 0 Å². The maximum absolute atomic E-state index is 13.1. The van der Waals surface area contributed by atoms with Crippen LogP contribution in [0.2, 0.25) is 0 Å². The molecule has 0 radical (unpaired) electrons. The molecule has 1 rings (SSSR count). The van der Waals surface area contributed by atoms with E-state index in [1.807, 2.05) is 20.1 Å². The maximum atomic E-state index is 13.1. The average molecular weight is 431 g/mol. The lowest BCUT2D eigenvalue weighted by Gasteiger charge is -2.30. The quantitative estimate of drug-likeness (QED) is 0.366. The topological polar surface area (TPSA) is 142 Å². The van der Waals surface area contributed by atoms with Crippen molar-refractivity contribution in [2.24, 2.45) is 11.7 Å². The molecule has 1 aliphatic heterocycles. The van der Waals surface area contributed by atoms with Crippen LogP contribution < -0.4 is 16.4 Å². The summed E-state index contributed by atoms with van der Waals surface area (Å²) in [6.45, 7) is 5.69. The molecule has 10 heteroatoms. The second-order valence-electron chi connectivity index (χ2n) is 7.85. The number of aliphatic carboxylic acids is 1. The number of carbonyl (C=O) groups excluding carboxylic acids is 3. The monoisotopic (exact) mass is 430 g/mol. The van der Waals surface area contributed by atoms with Crippen molar-refractivity contribution >= 4 is 35.5 Å². The third-order valence-electron chi connectivity index (χ3n) is 4.80. The molecule has 0 aliphatic carbocycles. The van der Waals surface area contributed by atoms with E-state index in [-0.39, 0.29) is 11.8 Å². The Bertz CT molecular complexity index is 599. The summed E-state index contributed by atoms with van der Waals surface area (Å²) in [6, 6.07) is -3.24. The van der Waals surface area contributed by atoms with E-state index in [9.17, 15) is 24.3 Å². The lowest BCUT2D eigenvalue weighted by molar-refractivity contribution is -0.145. The fourth-order valence-corrected chi connectivity index (χ4v) is 3.73. The highest BCUT2D eigenvalue weighted by Crippen LogP contribution is 2.20. The van der Waals surface area contributed by atoms with E-state index < -0.39 is 42.0 Å². The number of nitrogens with zero attached hydrogens (tertiary/aromatic N) is 1. The molecule has 1 fully saturated rings. The van der Waals surface area contributed by atoms with E-state index in [2.05, 4.69) is 10.6 Å². The van der Waals surface area contributed by atoms with Crippen molar-refractivity contribution < 1.29 is 24.3 Å². The Balaban J connectivity index is 2.90. The van der Waals surface area contributed by atoms with Crippen molar-refractivity contribution in [1.82, 2.24) is 15.5 Å². The van der Waals surface area contributed by atoms with Gasteiger partial charge in [0.1, 0.15) is 18.1 Å². The first-order valence-electron chi connectivity index (χ1n) is 9.97. The van der Waals surface area contributed by atoms with Crippen LogP contribution in [0, 0.1) is 5.92 Å². The van der Waals surface area contributed by atoms with Gasteiger partial charge in [-0.05, 0) is 50.5 Å². The van der Waals surface area contributed by atoms with Crippen molar-refractivity contribution in [3.05, 3.63) is 0 Å². The maximum Gasteiger partial charge on any atom is 0.326 e. The molecule has 0 aromatic heterocycles. The Kier molecular flexibility index (Phi) is 10.5. The molecule has 1 heterocycles. The molecule has 0 aromatic rings. The number of nitrogens with one attached hydrogen (secondary N) is 2. The SMILES string of the molecule is CSCCC(NC(=O)C(C)N)C(=O)N1CCCC1C(=O)NC(CC(C)C)C(=O)O. The Hall–Kier alpha value is -1.81. The fourth-order valence-electron chi connectivity index (χ4n) is 3.26. The number of hydrogen-bond donors (Lipinski definition) is 4. The van der Waals surface area contributed by atoms with Gasteiger partial charge in [0, 0.05) is 6.54 Å². The van der Waals surface area contributed by atoms with E-state index in [1.165, 1.54) is 11.8 Å². The van der Waals surface area contributed by atoms with Crippen LogP contribution in [0.25, 0.3) is 0 Å². The van der Waals surface area contributed by atoms with Crippen molar-refractivity contribution in [3.8, 4) is 0 Å². The molecule has 1 saturated heterocycles. The molecule has 1 aliphatic rings. The van der Waals surface area contributed by atoms with Crippen LogP contribution in [0.15, 0.2) is 0 Å². The number of carboxylic acid groups (broad SMARTS) is 1.